The van der Waals surface area contributed by atoms with Crippen LogP contribution in [0, 0.1) is 0 Å². The van der Waals surface area contributed by atoms with Gasteiger partial charge < -0.3 is 29.7 Å². The van der Waals surface area contributed by atoms with Crippen molar-refractivity contribution >= 4 is 23.0 Å². The molecule has 7 nitrogen and oxygen atoms in total. The van der Waals surface area contributed by atoms with Gasteiger partial charge in [0.05, 0.1) is 13.7 Å². The molecule has 2 saturated heterocycles. The normalized spacial score (nSPS) is 18.9. The Bertz CT molecular complexity index is 1020. The predicted octanol–water partition coefficient (Wildman–Crippen LogP) is 3.68. The number of methoxy groups -OCH3 is 1. The fraction of sp³-hybridized carbons (Fsp3) is 0.536. The van der Waals surface area contributed by atoms with Crippen LogP contribution in [0.5, 0.6) is 5.75 Å². The number of piperidine rings is 1. The minimum Gasteiger partial charge on any atom is -0.496 e. The molecular formula is C28H41N5O2. The van der Waals surface area contributed by atoms with Crippen molar-refractivity contribution < 1.29 is 11.0 Å². The Morgan fingerprint density at radius 2 is 1.63 bits per heavy atom. The number of nitrogens with one attached hydrogen (secondary N) is 1. The summed E-state index contributed by atoms with van der Waals surface area (Å²) in [5.41, 5.74) is 6.04. The minimum atomic E-state index is 0. The van der Waals surface area contributed by atoms with E-state index in [2.05, 4.69) is 63.5 Å². The molecule has 0 atom stereocenters. The summed E-state index contributed by atoms with van der Waals surface area (Å²) in [7, 11) is 3.92. The summed E-state index contributed by atoms with van der Waals surface area (Å²) in [5, 5.41) is 3.35. The molecule has 5 rings (SSSR count). The van der Waals surface area contributed by atoms with Crippen LogP contribution < -0.4 is 19.9 Å². The molecule has 3 heterocycles. The van der Waals surface area contributed by atoms with Gasteiger partial charge in [0.25, 0.3) is 0 Å². The third-order valence-corrected chi connectivity index (χ3v) is 7.79. The van der Waals surface area contributed by atoms with Crippen LogP contribution in [-0.2, 0) is 17.8 Å². The highest BCUT2D eigenvalue weighted by Crippen LogP contribution is 2.36. The van der Waals surface area contributed by atoms with E-state index in [9.17, 15) is 4.79 Å². The number of benzene rings is 2. The van der Waals surface area contributed by atoms with E-state index in [0.717, 1.165) is 63.7 Å². The van der Waals surface area contributed by atoms with Gasteiger partial charge in [-0.05, 0) is 69.1 Å². The highest BCUT2D eigenvalue weighted by atomic mass is 16.5. The molecule has 0 saturated carbocycles. The van der Waals surface area contributed by atoms with Crippen LogP contribution in [0.1, 0.15) is 31.8 Å². The second-order valence-electron chi connectivity index (χ2n) is 10.0. The van der Waals surface area contributed by atoms with Crippen molar-refractivity contribution in [3.63, 3.8) is 0 Å². The Morgan fingerprint density at radius 1 is 0.886 bits per heavy atom. The maximum absolute atomic E-state index is 13.2. The molecule has 35 heavy (non-hydrogen) atoms. The summed E-state index contributed by atoms with van der Waals surface area (Å²) >= 11 is 0. The van der Waals surface area contributed by atoms with Gasteiger partial charge in [0.15, 0.2) is 0 Å². The fourth-order valence-corrected chi connectivity index (χ4v) is 5.61. The van der Waals surface area contributed by atoms with Gasteiger partial charge >= 0.3 is 0 Å². The number of piperazine rings is 1. The summed E-state index contributed by atoms with van der Waals surface area (Å²) in [6, 6.07) is 12.8. The van der Waals surface area contributed by atoms with Crippen molar-refractivity contribution in [3.8, 4) is 5.75 Å². The van der Waals surface area contributed by atoms with Crippen LogP contribution in [0.15, 0.2) is 36.4 Å². The van der Waals surface area contributed by atoms with E-state index in [1.54, 1.807) is 7.11 Å². The lowest BCUT2D eigenvalue weighted by atomic mass is 9.95. The molecule has 3 aliphatic rings. The molecule has 3 aliphatic heterocycles. The number of rotatable bonds is 6. The van der Waals surface area contributed by atoms with Crippen LogP contribution in [0.2, 0.25) is 0 Å². The van der Waals surface area contributed by atoms with E-state index >= 15 is 0 Å². The number of anilines is 3. The lowest BCUT2D eigenvalue weighted by molar-refractivity contribution is -0.130. The highest BCUT2D eigenvalue weighted by Gasteiger charge is 2.28. The molecule has 2 aromatic rings. The summed E-state index contributed by atoms with van der Waals surface area (Å²) < 4.78 is 5.68. The van der Waals surface area contributed by atoms with Crippen LogP contribution in [-0.4, -0.2) is 82.2 Å². The highest BCUT2D eigenvalue weighted by molar-refractivity contribution is 5.82. The zero-order valence-electron chi connectivity index (χ0n) is 21.3. The van der Waals surface area contributed by atoms with E-state index in [4.69, 9.17) is 4.74 Å². The van der Waals surface area contributed by atoms with Crippen molar-refractivity contribution in [2.24, 2.45) is 0 Å². The molecule has 190 valence electrons. The monoisotopic (exact) mass is 479 g/mol. The molecule has 0 unspecified atom stereocenters. The second-order valence-corrected chi connectivity index (χ2v) is 10.0. The minimum absolute atomic E-state index is 0. The van der Waals surface area contributed by atoms with Gasteiger partial charge in [0.2, 0.25) is 5.91 Å². The molecule has 0 bridgehead atoms. The Balaban J connectivity index is 0.00000304. The average molecular weight is 480 g/mol. The predicted molar refractivity (Wildman–Crippen MR) is 145 cm³/mol. The number of carbonyl (C=O) groups is 1. The number of fused-ring (bicyclic) bond motifs is 1. The molecule has 1 N–H and O–H groups in total. The first kappa shape index (κ1) is 23.8. The van der Waals surface area contributed by atoms with Crippen molar-refractivity contribution in [2.45, 2.75) is 32.2 Å². The van der Waals surface area contributed by atoms with E-state index in [0.29, 0.717) is 13.1 Å². The standard InChI is InChI=1S/C28H39N5O2.H2/c1-30-16-18-32(19-17-30)26-10-11-27(35-2)24-12-15-33(21-25(24)26)28(34)20-29-22-6-8-23(9-7-22)31-13-4-3-5-14-31;/h6-11,29H,3-5,12-21H2,1-2H3;1H. The van der Waals surface area contributed by atoms with E-state index in [-0.39, 0.29) is 7.33 Å². The largest absolute Gasteiger partial charge is 0.496 e. The van der Waals surface area contributed by atoms with Crippen molar-refractivity contribution in [1.29, 1.82) is 0 Å². The Kier molecular flexibility index (Phi) is 7.32. The molecule has 1 amide bonds. The third-order valence-electron chi connectivity index (χ3n) is 7.79. The zero-order valence-corrected chi connectivity index (χ0v) is 21.3. The number of amides is 1. The van der Waals surface area contributed by atoms with E-state index in [1.807, 2.05) is 4.90 Å². The first-order valence-corrected chi connectivity index (χ1v) is 13.1. The van der Waals surface area contributed by atoms with Crippen LogP contribution in [0.25, 0.3) is 0 Å². The molecule has 7 heteroatoms. The van der Waals surface area contributed by atoms with Gasteiger partial charge in [-0.3, -0.25) is 4.79 Å². The van der Waals surface area contributed by atoms with Crippen LogP contribution in [0.3, 0.4) is 0 Å². The van der Waals surface area contributed by atoms with Crippen molar-refractivity contribution in [3.05, 3.63) is 47.5 Å². The number of hydrogen-bond acceptors (Lipinski definition) is 6. The quantitative estimate of drug-likeness (QED) is 0.682. The zero-order chi connectivity index (χ0) is 24.2. The number of likely N-dealkylation sites (N-methyl/N-ethyl adjacent to an activating group) is 1. The van der Waals surface area contributed by atoms with Crippen molar-refractivity contribution in [2.75, 3.05) is 81.6 Å². The Labute approximate surface area is 211 Å². The number of carbonyl (C=O) groups excluding carboxylic acids is 1. The van der Waals surface area contributed by atoms with Gasteiger partial charge in [0, 0.05) is 82.0 Å². The maximum atomic E-state index is 13.2. The topological polar surface area (TPSA) is 51.3 Å². The smallest absolute Gasteiger partial charge is 0.242 e. The molecule has 0 aromatic heterocycles. The summed E-state index contributed by atoms with van der Waals surface area (Å²) in [6.07, 6.45) is 4.71. The fourth-order valence-electron chi connectivity index (χ4n) is 5.61. The van der Waals surface area contributed by atoms with Gasteiger partial charge in [-0.1, -0.05) is 0 Å². The van der Waals surface area contributed by atoms with E-state index in [1.165, 1.54) is 41.8 Å². The Morgan fingerprint density at radius 3 is 2.34 bits per heavy atom. The summed E-state index contributed by atoms with van der Waals surface area (Å²) in [4.78, 5) is 22.5. The maximum Gasteiger partial charge on any atom is 0.242 e. The van der Waals surface area contributed by atoms with Crippen LogP contribution in [0.4, 0.5) is 17.1 Å². The molecule has 2 fully saturated rings. The third kappa shape index (κ3) is 5.35. The molecular weight excluding hydrogens is 438 g/mol. The lowest BCUT2D eigenvalue weighted by Crippen LogP contribution is -2.46. The van der Waals surface area contributed by atoms with Gasteiger partial charge in [-0.25, -0.2) is 0 Å². The van der Waals surface area contributed by atoms with Crippen LogP contribution >= 0.6 is 0 Å². The summed E-state index contributed by atoms with van der Waals surface area (Å²) in [5.74, 6) is 1.08. The Hall–Kier alpha value is -2.93. The van der Waals surface area contributed by atoms with E-state index < -0.39 is 0 Å². The molecule has 0 spiro atoms. The first-order valence-electron chi connectivity index (χ1n) is 13.1. The van der Waals surface area contributed by atoms with Crippen molar-refractivity contribution in [1.82, 2.24) is 9.80 Å². The SMILES string of the molecule is COc1ccc(N2CCN(C)CC2)c2c1CCN(C(=O)CNc1ccc(N3CCCCC3)cc1)C2.[HH]. The average Bonchev–Trinajstić information content (AvgIpc) is 2.92. The van der Waals surface area contributed by atoms with Gasteiger partial charge in [0.1, 0.15) is 5.75 Å². The number of nitrogens with zero attached hydrogens (tertiary/aromatic N) is 4. The first-order chi connectivity index (χ1) is 17.1. The van der Waals surface area contributed by atoms with Gasteiger partial charge in [-0.2, -0.15) is 0 Å². The lowest BCUT2D eigenvalue weighted by Gasteiger charge is -2.38. The van der Waals surface area contributed by atoms with Gasteiger partial charge in [-0.15, -0.1) is 0 Å². The second kappa shape index (κ2) is 10.8. The number of ether oxygens (including phenoxy) is 1. The molecule has 2 aromatic carbocycles. The molecule has 0 radical (unpaired) electrons. The summed E-state index contributed by atoms with van der Waals surface area (Å²) in [6.45, 7) is 8.11. The molecule has 0 aliphatic carbocycles. The number of hydrogen-bond donors (Lipinski definition) is 1.